The van der Waals surface area contributed by atoms with Crippen molar-refractivity contribution in [2.45, 2.75) is 0 Å². The van der Waals surface area contributed by atoms with Crippen LogP contribution in [0.25, 0.3) is 21.5 Å². The van der Waals surface area contributed by atoms with E-state index in [9.17, 15) is 4.79 Å². The number of hydrogen-bond donors (Lipinski definition) is 1. The van der Waals surface area contributed by atoms with Gasteiger partial charge in [0.05, 0.1) is 0 Å². The Bertz CT molecular complexity index is 670. The molecule has 0 atom stereocenters. The van der Waals surface area contributed by atoms with Crippen LogP contribution < -0.4 is 5.43 Å². The van der Waals surface area contributed by atoms with Crippen LogP contribution in [0.4, 0.5) is 0 Å². The third-order valence-corrected chi connectivity index (χ3v) is 2.78. The van der Waals surface area contributed by atoms with Crippen molar-refractivity contribution in [3.8, 4) is 0 Å². The molecule has 3 aromatic rings. The van der Waals surface area contributed by atoms with Gasteiger partial charge in [-0.1, -0.05) is 0 Å². The zero-order valence-corrected chi connectivity index (χ0v) is 7.84. The van der Waals surface area contributed by atoms with E-state index in [1.54, 1.807) is 6.20 Å². The van der Waals surface area contributed by atoms with Crippen molar-refractivity contribution in [1.29, 1.82) is 0 Å². The Morgan fingerprint density at radius 2 is 2.21 bits per heavy atom. The van der Waals surface area contributed by atoms with Gasteiger partial charge in [-0.15, -0.1) is 11.3 Å². The molecule has 0 aromatic carbocycles. The molecule has 0 bridgehead atoms. The molecule has 68 valence electrons. The molecule has 1 N–H and O–H groups in total. The number of hydrogen-bond acceptors (Lipinski definition) is 4. The topological polar surface area (TPSA) is 58.6 Å². The van der Waals surface area contributed by atoms with E-state index in [0.717, 1.165) is 10.3 Å². The summed E-state index contributed by atoms with van der Waals surface area (Å²) in [5.74, 6) is 0. The van der Waals surface area contributed by atoms with Crippen LogP contribution in [0.15, 0.2) is 28.5 Å². The van der Waals surface area contributed by atoms with Gasteiger partial charge in [-0.2, -0.15) is 0 Å². The van der Waals surface area contributed by atoms with Gasteiger partial charge in [0.15, 0.2) is 11.2 Å². The third kappa shape index (κ3) is 0.958. The lowest BCUT2D eigenvalue weighted by molar-refractivity contribution is 1.28. The second kappa shape index (κ2) is 2.62. The molecule has 3 rings (SSSR count). The second-order valence-corrected chi connectivity index (χ2v) is 3.77. The molecule has 0 fully saturated rings. The van der Waals surface area contributed by atoms with E-state index in [0.29, 0.717) is 11.2 Å². The quantitative estimate of drug-likeness (QED) is 0.602. The molecule has 3 heterocycles. The van der Waals surface area contributed by atoms with Gasteiger partial charge in [-0.3, -0.25) is 4.79 Å². The summed E-state index contributed by atoms with van der Waals surface area (Å²) in [4.78, 5) is 23.7. The molecule has 0 amide bonds. The number of thiophene rings is 1. The van der Waals surface area contributed by atoms with E-state index in [-0.39, 0.29) is 5.43 Å². The standard InChI is InChI=1S/C9H5N3OS/c13-6-1-3-10-8-7(6)12-9-5(11-8)2-4-14-9/h1-4H,(H,10,11,13). The van der Waals surface area contributed by atoms with E-state index < -0.39 is 0 Å². The highest BCUT2D eigenvalue weighted by Gasteiger charge is 2.04. The van der Waals surface area contributed by atoms with Crippen molar-refractivity contribution >= 4 is 32.8 Å². The highest BCUT2D eigenvalue weighted by molar-refractivity contribution is 7.16. The maximum atomic E-state index is 11.4. The summed E-state index contributed by atoms with van der Waals surface area (Å²) >= 11 is 1.48. The summed E-state index contributed by atoms with van der Waals surface area (Å²) in [6.45, 7) is 0. The number of aromatic nitrogens is 3. The van der Waals surface area contributed by atoms with Gasteiger partial charge in [-0.25, -0.2) is 9.97 Å². The average Bonchev–Trinajstić information content (AvgIpc) is 2.62. The normalized spacial score (nSPS) is 11.1. The molecule has 0 spiro atoms. The summed E-state index contributed by atoms with van der Waals surface area (Å²) in [6, 6.07) is 3.34. The van der Waals surface area contributed by atoms with E-state index >= 15 is 0 Å². The molecule has 0 aliphatic rings. The monoisotopic (exact) mass is 203 g/mol. The molecule has 0 saturated carbocycles. The summed E-state index contributed by atoms with van der Waals surface area (Å²) in [5, 5.41) is 1.91. The van der Waals surface area contributed by atoms with Crippen molar-refractivity contribution < 1.29 is 0 Å². The third-order valence-electron chi connectivity index (χ3n) is 1.98. The minimum absolute atomic E-state index is 0.0958. The number of aromatic amines is 1. The van der Waals surface area contributed by atoms with Crippen LogP contribution in [0.3, 0.4) is 0 Å². The lowest BCUT2D eigenvalue weighted by Crippen LogP contribution is -2.03. The Kier molecular flexibility index (Phi) is 1.43. The summed E-state index contributed by atoms with van der Waals surface area (Å²) in [5.41, 5.74) is 1.68. The number of H-pyrrole nitrogens is 1. The van der Waals surface area contributed by atoms with E-state index in [1.807, 2.05) is 11.4 Å². The van der Waals surface area contributed by atoms with Crippen LogP contribution in [-0.2, 0) is 0 Å². The minimum Gasteiger partial charge on any atom is -0.345 e. The maximum Gasteiger partial charge on any atom is 0.209 e. The van der Waals surface area contributed by atoms with Crippen LogP contribution in [0.1, 0.15) is 0 Å². The maximum absolute atomic E-state index is 11.4. The van der Waals surface area contributed by atoms with Crippen LogP contribution in [0.2, 0.25) is 0 Å². The molecule has 5 heteroatoms. The summed E-state index contributed by atoms with van der Waals surface area (Å²) in [6.07, 6.45) is 1.58. The Labute approximate surface area is 82.3 Å². The fourth-order valence-electron chi connectivity index (χ4n) is 1.34. The van der Waals surface area contributed by atoms with E-state index in [1.165, 1.54) is 17.4 Å². The Morgan fingerprint density at radius 1 is 1.29 bits per heavy atom. The first kappa shape index (κ1) is 7.64. The number of nitrogens with zero attached hydrogens (tertiary/aromatic N) is 2. The Hall–Kier alpha value is -1.75. The van der Waals surface area contributed by atoms with E-state index in [4.69, 9.17) is 0 Å². The zero-order valence-electron chi connectivity index (χ0n) is 7.02. The molecule has 0 radical (unpaired) electrons. The minimum atomic E-state index is -0.0958. The highest BCUT2D eigenvalue weighted by atomic mass is 32.1. The largest absolute Gasteiger partial charge is 0.345 e. The number of nitrogens with one attached hydrogen (secondary N) is 1. The molecule has 0 unspecified atom stereocenters. The van der Waals surface area contributed by atoms with Crippen LogP contribution >= 0.6 is 11.3 Å². The van der Waals surface area contributed by atoms with Crippen molar-refractivity contribution in [3.63, 3.8) is 0 Å². The SMILES string of the molecule is O=c1cc[nH]c2nc3ccsc3nc12. The molecular weight excluding hydrogens is 198 g/mol. The van der Waals surface area contributed by atoms with Gasteiger partial charge in [0.1, 0.15) is 10.3 Å². The molecule has 0 aliphatic carbocycles. The molecule has 3 aromatic heterocycles. The fraction of sp³-hybridized carbons (Fsp3) is 0. The first-order chi connectivity index (χ1) is 6.84. The predicted octanol–water partition coefficient (Wildman–Crippen LogP) is 1.53. The molecule has 4 nitrogen and oxygen atoms in total. The van der Waals surface area contributed by atoms with Gasteiger partial charge >= 0.3 is 0 Å². The van der Waals surface area contributed by atoms with Gasteiger partial charge in [0.2, 0.25) is 5.43 Å². The van der Waals surface area contributed by atoms with Crippen LogP contribution in [0.5, 0.6) is 0 Å². The number of rotatable bonds is 0. The first-order valence-corrected chi connectivity index (χ1v) is 4.95. The highest BCUT2D eigenvalue weighted by Crippen LogP contribution is 2.17. The smallest absolute Gasteiger partial charge is 0.209 e. The second-order valence-electron chi connectivity index (χ2n) is 2.87. The van der Waals surface area contributed by atoms with Crippen molar-refractivity contribution in [1.82, 2.24) is 15.0 Å². The molecule has 14 heavy (non-hydrogen) atoms. The lowest BCUT2D eigenvalue weighted by atomic mass is 10.4. The van der Waals surface area contributed by atoms with Crippen LogP contribution in [0, 0.1) is 0 Å². The van der Waals surface area contributed by atoms with Gasteiger partial charge < -0.3 is 4.98 Å². The number of pyridine rings is 1. The van der Waals surface area contributed by atoms with Crippen LogP contribution in [-0.4, -0.2) is 15.0 Å². The predicted molar refractivity (Wildman–Crippen MR) is 55.5 cm³/mol. The zero-order chi connectivity index (χ0) is 9.54. The average molecular weight is 203 g/mol. The fourth-order valence-corrected chi connectivity index (χ4v) is 2.04. The van der Waals surface area contributed by atoms with Gasteiger partial charge in [-0.05, 0) is 11.4 Å². The van der Waals surface area contributed by atoms with Crippen molar-refractivity contribution in [2.75, 3.05) is 0 Å². The summed E-state index contributed by atoms with van der Waals surface area (Å²) < 4.78 is 0. The Balaban J connectivity index is 2.63. The molecular formula is C9H5N3OS. The summed E-state index contributed by atoms with van der Waals surface area (Å²) in [7, 11) is 0. The van der Waals surface area contributed by atoms with Crippen molar-refractivity contribution in [3.05, 3.63) is 33.9 Å². The molecule has 0 saturated heterocycles. The van der Waals surface area contributed by atoms with Crippen molar-refractivity contribution in [2.24, 2.45) is 0 Å². The lowest BCUT2D eigenvalue weighted by Gasteiger charge is -1.94. The Morgan fingerprint density at radius 3 is 3.14 bits per heavy atom. The van der Waals surface area contributed by atoms with Gasteiger partial charge in [0, 0.05) is 12.3 Å². The van der Waals surface area contributed by atoms with E-state index in [2.05, 4.69) is 15.0 Å². The number of fused-ring (bicyclic) bond motifs is 2. The first-order valence-electron chi connectivity index (χ1n) is 4.07. The molecule has 0 aliphatic heterocycles. The van der Waals surface area contributed by atoms with Gasteiger partial charge in [0.25, 0.3) is 0 Å².